The Morgan fingerprint density at radius 2 is 1.68 bits per heavy atom. The minimum Gasteiger partial charge on any atom is -0.497 e. The Labute approximate surface area is 182 Å². The number of pyridine rings is 1. The summed E-state index contributed by atoms with van der Waals surface area (Å²) in [5, 5.41) is 9.92. The number of carbonyl (C=O) groups is 1. The molecule has 31 heavy (non-hydrogen) atoms. The fourth-order valence-electron chi connectivity index (χ4n) is 4.07. The summed E-state index contributed by atoms with van der Waals surface area (Å²) in [6.07, 6.45) is 0.656. The van der Waals surface area contributed by atoms with E-state index in [9.17, 15) is 4.79 Å². The number of benzene rings is 3. The van der Waals surface area contributed by atoms with E-state index in [1.54, 1.807) is 7.11 Å². The van der Waals surface area contributed by atoms with Gasteiger partial charge in [0, 0.05) is 17.4 Å². The number of hydrogen-bond donors (Lipinski definition) is 1. The molecule has 0 atom stereocenters. The lowest BCUT2D eigenvalue weighted by molar-refractivity contribution is -0.136. The van der Waals surface area contributed by atoms with Crippen molar-refractivity contribution in [2.45, 2.75) is 26.7 Å². The van der Waals surface area contributed by atoms with E-state index in [1.807, 2.05) is 24.3 Å². The molecule has 0 unspecified atom stereocenters. The maximum absolute atomic E-state index is 10.8. The van der Waals surface area contributed by atoms with E-state index in [4.69, 9.17) is 14.8 Å². The predicted octanol–water partition coefficient (Wildman–Crippen LogP) is 6.21. The zero-order chi connectivity index (χ0) is 22.0. The number of aromatic nitrogens is 1. The molecule has 1 heterocycles. The zero-order valence-corrected chi connectivity index (χ0v) is 18.0. The summed E-state index contributed by atoms with van der Waals surface area (Å²) in [5.41, 5.74) is 8.60. The number of methoxy groups -OCH3 is 1. The van der Waals surface area contributed by atoms with E-state index in [2.05, 4.69) is 56.3 Å². The normalized spacial score (nSPS) is 10.9. The molecule has 4 nitrogen and oxygen atoms in total. The van der Waals surface area contributed by atoms with Gasteiger partial charge in [0.1, 0.15) is 5.75 Å². The Morgan fingerprint density at radius 1 is 0.935 bits per heavy atom. The average Bonchev–Trinajstić information content (AvgIpc) is 2.77. The summed E-state index contributed by atoms with van der Waals surface area (Å²) >= 11 is 0. The third kappa shape index (κ3) is 4.43. The standard InChI is InChI=1S/C27H25NO3/c1-17-13-23(31-3)14-18(2)27(17)22-6-4-5-20(16-22)25-11-9-21-15-19(8-12-26(29)30)7-10-24(21)28-25/h4-7,9-11,13-16H,8,12H2,1-3H3,(H,29,30). The van der Waals surface area contributed by atoms with E-state index < -0.39 is 5.97 Å². The Hall–Kier alpha value is -3.66. The Morgan fingerprint density at radius 3 is 2.39 bits per heavy atom. The maximum Gasteiger partial charge on any atom is 0.303 e. The van der Waals surface area contributed by atoms with Gasteiger partial charge in [-0.25, -0.2) is 4.98 Å². The molecule has 0 amide bonds. The number of carboxylic acid groups (broad SMARTS) is 1. The smallest absolute Gasteiger partial charge is 0.303 e. The topological polar surface area (TPSA) is 59.4 Å². The molecule has 156 valence electrons. The molecule has 0 aliphatic carbocycles. The molecule has 4 heteroatoms. The van der Waals surface area contributed by atoms with Crippen LogP contribution in [0.15, 0.2) is 66.7 Å². The van der Waals surface area contributed by atoms with Gasteiger partial charge in [-0.15, -0.1) is 0 Å². The van der Waals surface area contributed by atoms with E-state index in [0.29, 0.717) is 6.42 Å². The highest BCUT2D eigenvalue weighted by Crippen LogP contribution is 2.33. The average molecular weight is 412 g/mol. The summed E-state index contributed by atoms with van der Waals surface area (Å²) in [6.45, 7) is 4.21. The highest BCUT2D eigenvalue weighted by molar-refractivity contribution is 5.83. The largest absolute Gasteiger partial charge is 0.497 e. The molecule has 0 saturated carbocycles. The van der Waals surface area contributed by atoms with E-state index in [1.165, 1.54) is 16.7 Å². The molecule has 1 aromatic heterocycles. The SMILES string of the molecule is COc1cc(C)c(-c2cccc(-c3ccc4cc(CCC(=O)O)ccc4n3)c2)c(C)c1. The molecule has 4 rings (SSSR count). The van der Waals surface area contributed by atoms with Gasteiger partial charge in [-0.2, -0.15) is 0 Å². The molecule has 3 aromatic carbocycles. The quantitative estimate of drug-likeness (QED) is 0.410. The van der Waals surface area contributed by atoms with Crippen LogP contribution in [0.25, 0.3) is 33.3 Å². The molecule has 0 aliphatic rings. The van der Waals surface area contributed by atoms with Crippen LogP contribution in [0.1, 0.15) is 23.1 Å². The first-order chi connectivity index (χ1) is 14.9. The van der Waals surface area contributed by atoms with Gasteiger partial charge >= 0.3 is 5.97 Å². The van der Waals surface area contributed by atoms with E-state index in [-0.39, 0.29) is 6.42 Å². The van der Waals surface area contributed by atoms with Gasteiger partial charge < -0.3 is 9.84 Å². The molecule has 0 saturated heterocycles. The number of aryl methyl sites for hydroxylation is 3. The first-order valence-corrected chi connectivity index (χ1v) is 10.3. The lowest BCUT2D eigenvalue weighted by atomic mass is 9.93. The molecule has 1 N–H and O–H groups in total. The maximum atomic E-state index is 10.8. The van der Waals surface area contributed by atoms with Crippen molar-refractivity contribution in [3.8, 4) is 28.1 Å². The molecule has 0 radical (unpaired) electrons. The predicted molar refractivity (Wildman–Crippen MR) is 125 cm³/mol. The van der Waals surface area contributed by atoms with Crippen molar-refractivity contribution < 1.29 is 14.6 Å². The monoisotopic (exact) mass is 411 g/mol. The second kappa shape index (κ2) is 8.60. The van der Waals surface area contributed by atoms with Gasteiger partial charge in [-0.1, -0.05) is 30.3 Å². The van der Waals surface area contributed by atoms with Crippen molar-refractivity contribution in [2.24, 2.45) is 0 Å². The van der Waals surface area contributed by atoms with Gasteiger partial charge in [0.2, 0.25) is 0 Å². The van der Waals surface area contributed by atoms with Crippen molar-refractivity contribution in [1.82, 2.24) is 4.98 Å². The molecule has 4 aromatic rings. The van der Waals surface area contributed by atoms with Gasteiger partial charge in [0.25, 0.3) is 0 Å². The van der Waals surface area contributed by atoms with Crippen molar-refractivity contribution in [1.29, 1.82) is 0 Å². The van der Waals surface area contributed by atoms with Crippen LogP contribution < -0.4 is 4.74 Å². The second-order valence-corrected chi connectivity index (χ2v) is 7.83. The van der Waals surface area contributed by atoms with Crippen LogP contribution in [-0.2, 0) is 11.2 Å². The zero-order valence-electron chi connectivity index (χ0n) is 18.0. The fourth-order valence-corrected chi connectivity index (χ4v) is 4.07. The number of fused-ring (bicyclic) bond motifs is 1. The fraction of sp³-hybridized carbons (Fsp3) is 0.185. The van der Waals surface area contributed by atoms with Gasteiger partial charge in [0.05, 0.1) is 18.3 Å². The Balaban J connectivity index is 1.69. The van der Waals surface area contributed by atoms with Crippen molar-refractivity contribution in [3.63, 3.8) is 0 Å². The second-order valence-electron chi connectivity index (χ2n) is 7.83. The lowest BCUT2D eigenvalue weighted by Crippen LogP contribution is -1.97. The van der Waals surface area contributed by atoms with Crippen molar-refractivity contribution >= 4 is 16.9 Å². The lowest BCUT2D eigenvalue weighted by Gasteiger charge is -2.14. The molecular weight excluding hydrogens is 386 g/mol. The van der Waals surface area contributed by atoms with Gasteiger partial charge in [-0.3, -0.25) is 4.79 Å². The highest BCUT2D eigenvalue weighted by Gasteiger charge is 2.10. The van der Waals surface area contributed by atoms with Crippen LogP contribution in [0, 0.1) is 13.8 Å². The molecule has 0 bridgehead atoms. The van der Waals surface area contributed by atoms with Crippen LogP contribution in [0.3, 0.4) is 0 Å². The molecule has 0 fully saturated rings. The summed E-state index contributed by atoms with van der Waals surface area (Å²) in [4.78, 5) is 15.7. The minimum absolute atomic E-state index is 0.133. The van der Waals surface area contributed by atoms with Crippen LogP contribution >= 0.6 is 0 Å². The number of aliphatic carboxylic acids is 1. The van der Waals surface area contributed by atoms with Crippen LogP contribution in [-0.4, -0.2) is 23.2 Å². The molecular formula is C27H25NO3. The number of ether oxygens (including phenoxy) is 1. The number of nitrogens with zero attached hydrogens (tertiary/aromatic N) is 1. The Bertz CT molecular complexity index is 1250. The Kier molecular flexibility index (Phi) is 5.72. The van der Waals surface area contributed by atoms with E-state index in [0.717, 1.165) is 39.0 Å². The number of carboxylic acids is 1. The third-order valence-corrected chi connectivity index (χ3v) is 5.57. The summed E-state index contributed by atoms with van der Waals surface area (Å²) < 4.78 is 5.40. The van der Waals surface area contributed by atoms with Gasteiger partial charge in [-0.05, 0) is 84.5 Å². The van der Waals surface area contributed by atoms with E-state index >= 15 is 0 Å². The van der Waals surface area contributed by atoms with Crippen LogP contribution in [0.2, 0.25) is 0 Å². The van der Waals surface area contributed by atoms with Crippen LogP contribution in [0.4, 0.5) is 0 Å². The molecule has 0 aliphatic heterocycles. The summed E-state index contributed by atoms with van der Waals surface area (Å²) in [6, 6.07) is 22.6. The minimum atomic E-state index is -0.782. The van der Waals surface area contributed by atoms with Crippen LogP contribution in [0.5, 0.6) is 5.75 Å². The first kappa shape index (κ1) is 20.6. The first-order valence-electron chi connectivity index (χ1n) is 10.3. The molecule has 0 spiro atoms. The van der Waals surface area contributed by atoms with Crippen molar-refractivity contribution in [2.75, 3.05) is 7.11 Å². The summed E-state index contributed by atoms with van der Waals surface area (Å²) in [5.74, 6) is 0.0876. The van der Waals surface area contributed by atoms with Crippen molar-refractivity contribution in [3.05, 3.63) is 83.4 Å². The summed E-state index contributed by atoms with van der Waals surface area (Å²) in [7, 11) is 1.69. The third-order valence-electron chi connectivity index (χ3n) is 5.57. The number of rotatable bonds is 6. The number of hydrogen-bond acceptors (Lipinski definition) is 3. The van der Waals surface area contributed by atoms with Gasteiger partial charge in [0.15, 0.2) is 0 Å². The highest BCUT2D eigenvalue weighted by atomic mass is 16.5.